The van der Waals surface area contributed by atoms with Crippen molar-refractivity contribution in [1.29, 1.82) is 0 Å². The fraction of sp³-hybridized carbons (Fsp3) is 0.500. The van der Waals surface area contributed by atoms with Crippen LogP contribution in [0.4, 0.5) is 0 Å². The second-order valence-corrected chi connectivity index (χ2v) is 3.68. The van der Waals surface area contributed by atoms with E-state index in [0.717, 1.165) is 5.41 Å². The smallest absolute Gasteiger partial charge is 0.212 e. The number of hydrogen-bond acceptors (Lipinski definition) is 3. The normalized spacial score (nSPS) is 32.4. The van der Waals surface area contributed by atoms with Gasteiger partial charge in [-0.2, -0.15) is 0 Å². The molecule has 0 aromatic carbocycles. The first-order valence-electron chi connectivity index (χ1n) is 2.19. The van der Waals surface area contributed by atoms with Crippen molar-refractivity contribution in [1.82, 2.24) is 0 Å². The Morgan fingerprint density at radius 1 is 1.62 bits per heavy atom. The van der Waals surface area contributed by atoms with Crippen LogP contribution in [0.3, 0.4) is 0 Å². The van der Waals surface area contributed by atoms with Crippen molar-refractivity contribution < 1.29 is 13.2 Å². The van der Waals surface area contributed by atoms with Crippen molar-refractivity contribution in [3.8, 4) is 0 Å². The van der Waals surface area contributed by atoms with Gasteiger partial charge in [0, 0.05) is 0 Å². The minimum Gasteiger partial charge on any atom is -0.481 e. The molecule has 0 aromatic rings. The molecule has 4 heteroatoms. The van der Waals surface area contributed by atoms with E-state index in [0.29, 0.717) is 0 Å². The first kappa shape index (κ1) is 5.62. The van der Waals surface area contributed by atoms with Crippen molar-refractivity contribution in [3.63, 3.8) is 0 Å². The zero-order valence-corrected chi connectivity index (χ0v) is 5.18. The molecule has 0 spiro atoms. The molecule has 1 aliphatic heterocycles. The number of sulfone groups is 1. The molecular weight excluding hydrogens is 128 g/mol. The van der Waals surface area contributed by atoms with Crippen molar-refractivity contribution in [2.45, 2.75) is 12.4 Å². The van der Waals surface area contributed by atoms with Crippen LogP contribution in [-0.4, -0.2) is 13.9 Å². The maximum atomic E-state index is 10.5. The van der Waals surface area contributed by atoms with Gasteiger partial charge in [0.25, 0.3) is 0 Å². The van der Waals surface area contributed by atoms with Crippen molar-refractivity contribution in [3.05, 3.63) is 11.7 Å². The van der Waals surface area contributed by atoms with E-state index in [1.807, 2.05) is 0 Å². The fourth-order valence-electron chi connectivity index (χ4n) is 0.408. The second kappa shape index (κ2) is 1.48. The van der Waals surface area contributed by atoms with E-state index in [2.05, 4.69) is 4.74 Å². The Balaban J connectivity index is 3.01. The maximum absolute atomic E-state index is 10.5. The molecule has 1 aliphatic rings. The average molecular weight is 134 g/mol. The topological polar surface area (TPSA) is 43.4 Å². The molecule has 0 fully saturated rings. The van der Waals surface area contributed by atoms with Gasteiger partial charge in [0.05, 0.1) is 11.7 Å². The van der Waals surface area contributed by atoms with Crippen LogP contribution in [0.1, 0.15) is 6.92 Å². The van der Waals surface area contributed by atoms with Gasteiger partial charge in [-0.05, 0) is 6.92 Å². The van der Waals surface area contributed by atoms with Crippen LogP contribution in [0, 0.1) is 0 Å². The fourth-order valence-corrected chi connectivity index (χ4v) is 1.07. The van der Waals surface area contributed by atoms with Gasteiger partial charge in [-0.15, -0.1) is 0 Å². The summed E-state index contributed by atoms with van der Waals surface area (Å²) in [6.07, 6.45) is 1.19. The molecule has 0 saturated carbocycles. The molecule has 1 unspecified atom stereocenters. The molecule has 1 atom stereocenters. The summed E-state index contributed by atoms with van der Waals surface area (Å²) in [5, 5.41) is 1.07. The van der Waals surface area contributed by atoms with E-state index >= 15 is 0 Å². The molecule has 0 amide bonds. The Labute approximate surface area is 47.9 Å². The zero-order chi connectivity index (χ0) is 6.20. The van der Waals surface area contributed by atoms with Gasteiger partial charge in [-0.25, -0.2) is 8.42 Å². The van der Waals surface area contributed by atoms with Crippen LogP contribution in [0.25, 0.3) is 0 Å². The molecule has 1 rings (SSSR count). The first-order chi connectivity index (χ1) is 3.63. The third kappa shape index (κ3) is 0.709. The van der Waals surface area contributed by atoms with Gasteiger partial charge < -0.3 is 4.74 Å². The van der Waals surface area contributed by atoms with Gasteiger partial charge in [0.2, 0.25) is 9.84 Å². The minimum atomic E-state index is -3.03. The van der Waals surface area contributed by atoms with E-state index in [-0.39, 0.29) is 0 Å². The maximum Gasteiger partial charge on any atom is 0.212 e. The van der Waals surface area contributed by atoms with E-state index in [1.165, 1.54) is 13.2 Å². The Kier molecular flexibility index (Phi) is 1.04. The molecule has 46 valence electrons. The van der Waals surface area contributed by atoms with E-state index in [4.69, 9.17) is 0 Å². The molecule has 1 heterocycles. The molecule has 0 aromatic heterocycles. The highest BCUT2D eigenvalue weighted by atomic mass is 32.2. The zero-order valence-electron chi connectivity index (χ0n) is 4.37. The summed E-state index contributed by atoms with van der Waals surface area (Å²) in [6, 6.07) is 0. The summed E-state index contributed by atoms with van der Waals surface area (Å²) >= 11 is 0. The highest BCUT2D eigenvalue weighted by Gasteiger charge is 2.22. The highest BCUT2D eigenvalue weighted by Crippen LogP contribution is 2.12. The Morgan fingerprint density at radius 3 is 2.38 bits per heavy atom. The Morgan fingerprint density at radius 2 is 2.25 bits per heavy atom. The lowest BCUT2D eigenvalue weighted by atomic mass is 10.9. The molecule has 3 nitrogen and oxygen atoms in total. The van der Waals surface area contributed by atoms with Gasteiger partial charge in [-0.1, -0.05) is 0 Å². The minimum absolute atomic E-state index is 0.678. The van der Waals surface area contributed by atoms with Crippen LogP contribution in [0.5, 0.6) is 0 Å². The SMILES string of the molecule is CC1OC=CS1(=O)=O. The quantitative estimate of drug-likeness (QED) is 0.477. The Hall–Kier alpha value is -0.510. The van der Waals surface area contributed by atoms with Gasteiger partial charge in [-0.3, -0.25) is 0 Å². The lowest BCUT2D eigenvalue weighted by molar-refractivity contribution is 0.239. The third-order valence-corrected chi connectivity index (χ3v) is 2.50. The molecule has 0 saturated heterocycles. The van der Waals surface area contributed by atoms with E-state index < -0.39 is 15.3 Å². The van der Waals surface area contributed by atoms with Crippen LogP contribution < -0.4 is 0 Å². The van der Waals surface area contributed by atoms with Crippen molar-refractivity contribution in [2.24, 2.45) is 0 Å². The average Bonchev–Trinajstić information content (AvgIpc) is 1.86. The first-order valence-corrected chi connectivity index (χ1v) is 3.80. The number of rotatable bonds is 0. The summed E-state index contributed by atoms with van der Waals surface area (Å²) in [7, 11) is -3.03. The summed E-state index contributed by atoms with van der Waals surface area (Å²) in [5.41, 5.74) is -0.678. The summed E-state index contributed by atoms with van der Waals surface area (Å²) in [4.78, 5) is 0. The monoisotopic (exact) mass is 134 g/mol. The standard InChI is InChI=1S/C4H6O3S/c1-4-7-2-3-8(4,5)6/h2-4H,1H3. The predicted octanol–water partition coefficient (Wildman–Crippen LogP) is 0.249. The summed E-state index contributed by atoms with van der Waals surface area (Å²) in [6.45, 7) is 1.50. The van der Waals surface area contributed by atoms with Gasteiger partial charge in [0.1, 0.15) is 0 Å². The molecular formula is C4H6O3S. The molecule has 0 N–H and O–H groups in total. The highest BCUT2D eigenvalue weighted by molar-refractivity contribution is 7.94. The summed E-state index contributed by atoms with van der Waals surface area (Å²) < 4.78 is 25.7. The molecule has 0 radical (unpaired) electrons. The predicted molar refractivity (Wildman–Crippen MR) is 28.6 cm³/mol. The lowest BCUT2D eigenvalue weighted by Crippen LogP contribution is -2.10. The van der Waals surface area contributed by atoms with Gasteiger partial charge in [0.15, 0.2) is 5.44 Å². The van der Waals surface area contributed by atoms with Crippen LogP contribution in [-0.2, 0) is 14.6 Å². The van der Waals surface area contributed by atoms with E-state index in [9.17, 15) is 8.42 Å². The van der Waals surface area contributed by atoms with Crippen molar-refractivity contribution in [2.75, 3.05) is 0 Å². The largest absolute Gasteiger partial charge is 0.481 e. The molecule has 0 aliphatic carbocycles. The summed E-state index contributed by atoms with van der Waals surface area (Å²) in [5.74, 6) is 0. The Bertz CT molecular complexity index is 201. The van der Waals surface area contributed by atoms with Crippen LogP contribution in [0.2, 0.25) is 0 Å². The van der Waals surface area contributed by atoms with E-state index in [1.54, 1.807) is 0 Å². The van der Waals surface area contributed by atoms with Crippen molar-refractivity contribution >= 4 is 9.84 Å². The second-order valence-electron chi connectivity index (χ2n) is 1.56. The number of ether oxygens (including phenoxy) is 1. The lowest BCUT2D eigenvalue weighted by Gasteiger charge is -1.98. The molecule has 0 bridgehead atoms. The third-order valence-electron chi connectivity index (χ3n) is 0.978. The van der Waals surface area contributed by atoms with Crippen LogP contribution in [0.15, 0.2) is 11.7 Å². The number of hydrogen-bond donors (Lipinski definition) is 0. The molecule has 8 heavy (non-hydrogen) atoms. The van der Waals surface area contributed by atoms with Crippen LogP contribution >= 0.6 is 0 Å². The van der Waals surface area contributed by atoms with Gasteiger partial charge >= 0.3 is 0 Å².